The number of nitrogens with zero attached hydrogens (tertiary/aromatic N) is 2. The fourth-order valence-electron chi connectivity index (χ4n) is 2.38. The number of aromatic nitrogens is 2. The number of nitrogens with two attached hydrogens (primary N) is 1. The Labute approximate surface area is 121 Å². The number of carbonyl (C=O) groups excluding carboxylic acids is 1. The van der Waals surface area contributed by atoms with Crippen LogP contribution in [0.3, 0.4) is 0 Å². The van der Waals surface area contributed by atoms with Gasteiger partial charge in [0.05, 0.1) is 12.9 Å². The highest BCUT2D eigenvalue weighted by molar-refractivity contribution is 7.91. The molecule has 0 atom stereocenters. The summed E-state index contributed by atoms with van der Waals surface area (Å²) < 4.78 is 30.3. The van der Waals surface area contributed by atoms with E-state index in [0.717, 1.165) is 0 Å². The summed E-state index contributed by atoms with van der Waals surface area (Å²) in [5.41, 5.74) is 6.41. The molecule has 1 aromatic carbocycles. The highest BCUT2D eigenvalue weighted by atomic mass is 32.2. The zero-order chi connectivity index (χ0) is 15.2. The van der Waals surface area contributed by atoms with Gasteiger partial charge in [0.25, 0.3) is 5.91 Å². The summed E-state index contributed by atoms with van der Waals surface area (Å²) in [4.78, 5) is 15.8. The minimum absolute atomic E-state index is 0.0570. The van der Waals surface area contributed by atoms with Crippen molar-refractivity contribution in [3.8, 4) is 17.0 Å². The lowest BCUT2D eigenvalue weighted by Crippen LogP contribution is -2.17. The third-order valence-corrected chi connectivity index (χ3v) is 4.98. The molecule has 0 bridgehead atoms. The van der Waals surface area contributed by atoms with Gasteiger partial charge in [-0.05, 0) is 24.3 Å². The molecule has 1 aromatic heterocycles. The molecule has 0 spiro atoms. The topological polar surface area (TPSA) is 104 Å². The summed E-state index contributed by atoms with van der Waals surface area (Å²) in [5.74, 6) is -0.103. The second kappa shape index (κ2) is 4.59. The Kier molecular flexibility index (Phi) is 2.98. The smallest absolute Gasteiger partial charge is 0.267 e. The summed E-state index contributed by atoms with van der Waals surface area (Å²) in [6, 6.07) is 6.82. The number of fused-ring (bicyclic) bond motifs is 1. The highest BCUT2D eigenvalue weighted by Crippen LogP contribution is 2.30. The van der Waals surface area contributed by atoms with E-state index in [1.165, 1.54) is 4.57 Å². The number of ether oxygens (including phenoxy) is 1. The molecule has 3 rings (SSSR count). The van der Waals surface area contributed by atoms with E-state index in [0.29, 0.717) is 11.3 Å². The Morgan fingerprint density at radius 2 is 2.00 bits per heavy atom. The minimum atomic E-state index is -3.44. The van der Waals surface area contributed by atoms with Crippen LogP contribution in [-0.2, 0) is 16.4 Å². The van der Waals surface area contributed by atoms with E-state index in [1.54, 1.807) is 31.4 Å². The van der Waals surface area contributed by atoms with Crippen LogP contribution in [0, 0.1) is 0 Å². The number of benzene rings is 1. The van der Waals surface area contributed by atoms with Crippen molar-refractivity contribution in [2.45, 2.75) is 11.7 Å². The van der Waals surface area contributed by atoms with Gasteiger partial charge >= 0.3 is 0 Å². The van der Waals surface area contributed by atoms with E-state index in [2.05, 4.69) is 4.98 Å². The second-order valence-corrected chi connectivity index (χ2v) is 6.66. The SMILES string of the molecule is COc1ccc(-c2nc3n(c2C(N)=O)CCS3(=O)=O)cc1. The zero-order valence-corrected chi connectivity index (χ0v) is 12.1. The third-order valence-electron chi connectivity index (χ3n) is 3.39. The summed E-state index contributed by atoms with van der Waals surface area (Å²) in [6.07, 6.45) is 0. The molecule has 2 N–H and O–H groups in total. The van der Waals surface area contributed by atoms with Gasteiger partial charge in [-0.3, -0.25) is 4.79 Å². The van der Waals surface area contributed by atoms with Gasteiger partial charge in [-0.25, -0.2) is 13.4 Å². The average molecular weight is 307 g/mol. The number of sulfone groups is 1. The first-order chi connectivity index (χ1) is 9.94. The van der Waals surface area contributed by atoms with Gasteiger partial charge in [0.15, 0.2) is 0 Å². The molecule has 1 aliphatic rings. The fraction of sp³-hybridized carbons (Fsp3) is 0.231. The highest BCUT2D eigenvalue weighted by Gasteiger charge is 2.34. The Balaban J connectivity index is 2.21. The summed E-state index contributed by atoms with van der Waals surface area (Å²) >= 11 is 0. The molecule has 7 nitrogen and oxygen atoms in total. The maximum Gasteiger partial charge on any atom is 0.267 e. The molecule has 2 aromatic rings. The Bertz CT molecular complexity index is 822. The summed E-state index contributed by atoms with van der Waals surface area (Å²) in [6.45, 7) is 0.194. The van der Waals surface area contributed by atoms with E-state index < -0.39 is 15.7 Å². The van der Waals surface area contributed by atoms with Crippen LogP contribution in [0.25, 0.3) is 11.3 Å². The summed E-state index contributed by atoms with van der Waals surface area (Å²) in [5, 5.41) is -0.0953. The monoisotopic (exact) mass is 307 g/mol. The molecule has 2 heterocycles. The molecule has 1 aliphatic heterocycles. The first kappa shape index (κ1) is 13.6. The third kappa shape index (κ3) is 2.07. The van der Waals surface area contributed by atoms with Crippen molar-refractivity contribution in [3.63, 3.8) is 0 Å². The quantitative estimate of drug-likeness (QED) is 0.886. The van der Waals surface area contributed by atoms with Gasteiger partial charge in [-0.2, -0.15) is 0 Å². The zero-order valence-electron chi connectivity index (χ0n) is 11.2. The molecular weight excluding hydrogens is 294 g/mol. The number of imidazole rings is 1. The van der Waals surface area contributed by atoms with E-state index in [9.17, 15) is 13.2 Å². The first-order valence-electron chi connectivity index (χ1n) is 6.21. The van der Waals surface area contributed by atoms with Crippen molar-refractivity contribution in [3.05, 3.63) is 30.0 Å². The molecule has 1 amide bonds. The van der Waals surface area contributed by atoms with Crippen LogP contribution in [0.4, 0.5) is 0 Å². The lowest BCUT2D eigenvalue weighted by Gasteiger charge is -2.04. The van der Waals surface area contributed by atoms with Crippen molar-refractivity contribution in [2.24, 2.45) is 5.73 Å². The molecule has 21 heavy (non-hydrogen) atoms. The summed E-state index contributed by atoms with van der Waals surface area (Å²) in [7, 11) is -1.90. The van der Waals surface area contributed by atoms with Crippen LogP contribution in [0.1, 0.15) is 10.5 Å². The number of hydrogen-bond donors (Lipinski definition) is 1. The van der Waals surface area contributed by atoms with Gasteiger partial charge in [0.2, 0.25) is 15.0 Å². The van der Waals surface area contributed by atoms with Gasteiger partial charge < -0.3 is 15.0 Å². The average Bonchev–Trinajstić information content (AvgIpc) is 2.97. The predicted molar refractivity (Wildman–Crippen MR) is 74.8 cm³/mol. The van der Waals surface area contributed by atoms with Crippen LogP contribution in [-0.4, -0.2) is 36.7 Å². The number of amides is 1. The fourth-order valence-corrected chi connectivity index (χ4v) is 3.73. The predicted octanol–water partition coefficient (Wildman–Crippen LogP) is 0.445. The first-order valence-corrected chi connectivity index (χ1v) is 7.87. The minimum Gasteiger partial charge on any atom is -0.497 e. The van der Waals surface area contributed by atoms with Crippen molar-refractivity contribution in [2.75, 3.05) is 12.9 Å². The van der Waals surface area contributed by atoms with Crippen molar-refractivity contribution < 1.29 is 17.9 Å². The van der Waals surface area contributed by atoms with Crippen LogP contribution in [0.5, 0.6) is 5.75 Å². The lowest BCUT2D eigenvalue weighted by atomic mass is 10.1. The van der Waals surface area contributed by atoms with E-state index in [-0.39, 0.29) is 28.8 Å². The number of carbonyl (C=O) groups is 1. The van der Waals surface area contributed by atoms with Gasteiger partial charge in [-0.15, -0.1) is 0 Å². The molecule has 110 valence electrons. The van der Waals surface area contributed by atoms with E-state index >= 15 is 0 Å². The van der Waals surface area contributed by atoms with Crippen LogP contribution in [0.15, 0.2) is 29.4 Å². The van der Waals surface area contributed by atoms with Crippen LogP contribution >= 0.6 is 0 Å². The maximum absolute atomic E-state index is 11.9. The molecule has 0 saturated heterocycles. The Morgan fingerprint density at radius 1 is 1.33 bits per heavy atom. The number of rotatable bonds is 3. The molecule has 0 fully saturated rings. The molecular formula is C13H13N3O4S. The standard InChI is InChI=1S/C13H13N3O4S/c1-20-9-4-2-8(3-5-9)10-11(12(14)17)16-6-7-21(18,19)13(16)15-10/h2-5H,6-7H2,1H3,(H2,14,17). The maximum atomic E-state index is 11.9. The van der Waals surface area contributed by atoms with Crippen LogP contribution in [0.2, 0.25) is 0 Å². The Hall–Kier alpha value is -2.35. The molecule has 0 aliphatic carbocycles. The number of methoxy groups -OCH3 is 1. The van der Waals surface area contributed by atoms with E-state index in [1.807, 2.05) is 0 Å². The van der Waals surface area contributed by atoms with Crippen molar-refractivity contribution >= 4 is 15.7 Å². The lowest BCUT2D eigenvalue weighted by molar-refractivity contribution is 0.0992. The number of hydrogen-bond acceptors (Lipinski definition) is 5. The molecule has 0 radical (unpaired) electrons. The van der Waals surface area contributed by atoms with Crippen molar-refractivity contribution in [1.29, 1.82) is 0 Å². The largest absolute Gasteiger partial charge is 0.497 e. The molecule has 8 heteroatoms. The van der Waals surface area contributed by atoms with Gasteiger partial charge in [0.1, 0.15) is 17.1 Å². The van der Waals surface area contributed by atoms with Gasteiger partial charge in [-0.1, -0.05) is 0 Å². The van der Waals surface area contributed by atoms with Crippen LogP contribution < -0.4 is 10.5 Å². The molecule has 0 saturated carbocycles. The number of primary amides is 1. The second-order valence-electron chi connectivity index (χ2n) is 4.65. The molecule has 0 unspecified atom stereocenters. The normalized spacial score (nSPS) is 15.7. The van der Waals surface area contributed by atoms with Gasteiger partial charge in [0, 0.05) is 12.1 Å². The van der Waals surface area contributed by atoms with E-state index in [4.69, 9.17) is 10.5 Å². The van der Waals surface area contributed by atoms with Crippen molar-refractivity contribution in [1.82, 2.24) is 9.55 Å². The Morgan fingerprint density at radius 3 is 2.57 bits per heavy atom.